The van der Waals surface area contributed by atoms with Gasteiger partial charge in [-0.15, -0.1) is 0 Å². The van der Waals surface area contributed by atoms with Crippen molar-refractivity contribution in [2.45, 2.75) is 13.1 Å². The van der Waals surface area contributed by atoms with Gasteiger partial charge < -0.3 is 10.2 Å². The van der Waals surface area contributed by atoms with Crippen LogP contribution in [0.4, 0.5) is 13.2 Å². The maximum atomic E-state index is 11.9. The van der Waals surface area contributed by atoms with E-state index >= 15 is 0 Å². The van der Waals surface area contributed by atoms with E-state index in [1.165, 1.54) is 14.0 Å². The topological polar surface area (TPSA) is 49.4 Å². The Kier molecular flexibility index (Phi) is 4.57. The van der Waals surface area contributed by atoms with E-state index in [1.807, 2.05) is 0 Å². The molecule has 7 heteroatoms. The van der Waals surface area contributed by atoms with Gasteiger partial charge in [0.2, 0.25) is 5.91 Å². The van der Waals surface area contributed by atoms with E-state index in [1.54, 1.807) is 0 Å². The average molecular weight is 226 g/mol. The third kappa shape index (κ3) is 4.18. The molecule has 15 heavy (non-hydrogen) atoms. The zero-order chi connectivity index (χ0) is 12.2. The fraction of sp³-hybridized carbons (Fsp3) is 0.750. The SMILES string of the molecule is CNC(=O)C(C)CN(C)C(=O)C(F)(F)F. The van der Waals surface area contributed by atoms with Gasteiger partial charge in [0, 0.05) is 20.6 Å². The Balaban J connectivity index is 4.32. The van der Waals surface area contributed by atoms with Crippen molar-refractivity contribution in [2.75, 3.05) is 20.6 Å². The lowest BCUT2D eigenvalue weighted by atomic mass is 10.1. The summed E-state index contributed by atoms with van der Waals surface area (Å²) in [7, 11) is 2.39. The van der Waals surface area contributed by atoms with Gasteiger partial charge in [-0.1, -0.05) is 6.92 Å². The highest BCUT2D eigenvalue weighted by atomic mass is 19.4. The first-order chi connectivity index (χ1) is 6.70. The molecule has 88 valence electrons. The number of nitrogens with zero attached hydrogens (tertiary/aromatic N) is 1. The van der Waals surface area contributed by atoms with Crippen molar-refractivity contribution >= 4 is 11.8 Å². The Hall–Kier alpha value is -1.27. The first-order valence-electron chi connectivity index (χ1n) is 4.24. The van der Waals surface area contributed by atoms with Gasteiger partial charge >= 0.3 is 12.1 Å². The number of carbonyl (C=O) groups is 2. The molecule has 1 N–H and O–H groups in total. The van der Waals surface area contributed by atoms with Crippen LogP contribution in [0.2, 0.25) is 0 Å². The summed E-state index contributed by atoms with van der Waals surface area (Å²) < 4.78 is 35.8. The van der Waals surface area contributed by atoms with Crippen LogP contribution in [0.1, 0.15) is 6.92 Å². The highest BCUT2D eigenvalue weighted by Crippen LogP contribution is 2.18. The lowest BCUT2D eigenvalue weighted by Crippen LogP contribution is -2.43. The van der Waals surface area contributed by atoms with E-state index in [0.29, 0.717) is 4.90 Å². The molecule has 0 aromatic carbocycles. The second kappa shape index (κ2) is 4.99. The molecule has 1 unspecified atom stereocenters. The highest BCUT2D eigenvalue weighted by Gasteiger charge is 2.41. The summed E-state index contributed by atoms with van der Waals surface area (Å²) in [4.78, 5) is 22.2. The number of hydrogen-bond acceptors (Lipinski definition) is 2. The van der Waals surface area contributed by atoms with Crippen molar-refractivity contribution in [1.82, 2.24) is 10.2 Å². The smallest absolute Gasteiger partial charge is 0.359 e. The number of amides is 2. The van der Waals surface area contributed by atoms with Crippen molar-refractivity contribution < 1.29 is 22.8 Å². The number of hydrogen-bond donors (Lipinski definition) is 1. The molecule has 1 atom stereocenters. The van der Waals surface area contributed by atoms with Gasteiger partial charge in [-0.3, -0.25) is 9.59 Å². The zero-order valence-electron chi connectivity index (χ0n) is 8.68. The molecule has 0 radical (unpaired) electrons. The van der Waals surface area contributed by atoms with Crippen LogP contribution in [0, 0.1) is 5.92 Å². The fourth-order valence-corrected chi connectivity index (χ4v) is 1.04. The number of halogens is 3. The first-order valence-corrected chi connectivity index (χ1v) is 4.24. The molecule has 0 fully saturated rings. The summed E-state index contributed by atoms with van der Waals surface area (Å²) in [6.45, 7) is 1.18. The maximum absolute atomic E-state index is 11.9. The van der Waals surface area contributed by atoms with Crippen molar-refractivity contribution in [2.24, 2.45) is 5.92 Å². The van der Waals surface area contributed by atoms with Crippen molar-refractivity contribution in [3.05, 3.63) is 0 Å². The molecule has 2 amide bonds. The van der Waals surface area contributed by atoms with Gasteiger partial charge in [-0.2, -0.15) is 13.2 Å². The Morgan fingerprint density at radius 2 is 1.87 bits per heavy atom. The molecule has 0 aliphatic heterocycles. The van der Waals surface area contributed by atoms with Crippen LogP contribution in [0.15, 0.2) is 0 Å². The Labute approximate surface area is 85.4 Å². The standard InChI is InChI=1S/C8H13F3N2O2/c1-5(6(14)12-2)4-13(3)7(15)8(9,10)11/h5H,4H2,1-3H3,(H,12,14). The van der Waals surface area contributed by atoms with Crippen LogP contribution in [0.5, 0.6) is 0 Å². The quantitative estimate of drug-likeness (QED) is 0.756. The predicted octanol–water partition coefficient (Wildman–Crippen LogP) is 0.389. The van der Waals surface area contributed by atoms with E-state index in [9.17, 15) is 22.8 Å². The highest BCUT2D eigenvalue weighted by molar-refractivity contribution is 5.83. The van der Waals surface area contributed by atoms with Crippen LogP contribution in [-0.2, 0) is 9.59 Å². The molecule has 4 nitrogen and oxygen atoms in total. The minimum Gasteiger partial charge on any atom is -0.359 e. The van der Waals surface area contributed by atoms with Crippen molar-refractivity contribution in [1.29, 1.82) is 0 Å². The number of rotatable bonds is 3. The van der Waals surface area contributed by atoms with E-state index in [2.05, 4.69) is 5.32 Å². The van der Waals surface area contributed by atoms with Gasteiger partial charge in [-0.05, 0) is 0 Å². The third-order valence-electron chi connectivity index (χ3n) is 1.83. The summed E-state index contributed by atoms with van der Waals surface area (Å²) in [5.41, 5.74) is 0. The van der Waals surface area contributed by atoms with Crippen molar-refractivity contribution in [3.8, 4) is 0 Å². The lowest BCUT2D eigenvalue weighted by molar-refractivity contribution is -0.184. The van der Waals surface area contributed by atoms with Crippen LogP contribution in [-0.4, -0.2) is 43.5 Å². The second-order valence-corrected chi connectivity index (χ2v) is 3.20. The van der Waals surface area contributed by atoms with Gasteiger partial charge in [0.15, 0.2) is 0 Å². The molecular formula is C8H13F3N2O2. The van der Waals surface area contributed by atoms with E-state index in [4.69, 9.17) is 0 Å². The van der Waals surface area contributed by atoms with Crippen LogP contribution in [0.25, 0.3) is 0 Å². The van der Waals surface area contributed by atoms with Crippen molar-refractivity contribution in [3.63, 3.8) is 0 Å². The van der Waals surface area contributed by atoms with Gasteiger partial charge in [0.05, 0.1) is 5.92 Å². The molecule has 0 aromatic heterocycles. The van der Waals surface area contributed by atoms with E-state index in [-0.39, 0.29) is 6.54 Å². The Morgan fingerprint density at radius 1 is 1.40 bits per heavy atom. The Bertz CT molecular complexity index is 253. The molecular weight excluding hydrogens is 213 g/mol. The van der Waals surface area contributed by atoms with E-state index < -0.39 is 23.9 Å². The first kappa shape index (κ1) is 13.7. The summed E-state index contributed by atoms with van der Waals surface area (Å²) in [5, 5.41) is 2.29. The molecule has 0 saturated heterocycles. The monoisotopic (exact) mass is 226 g/mol. The molecule has 0 rings (SSSR count). The number of alkyl halides is 3. The van der Waals surface area contributed by atoms with Crippen LogP contribution >= 0.6 is 0 Å². The molecule has 0 spiro atoms. The largest absolute Gasteiger partial charge is 0.471 e. The second-order valence-electron chi connectivity index (χ2n) is 3.20. The normalized spacial score (nSPS) is 13.2. The van der Waals surface area contributed by atoms with Gasteiger partial charge in [-0.25, -0.2) is 0 Å². The number of carbonyl (C=O) groups excluding carboxylic acids is 2. The summed E-state index contributed by atoms with van der Waals surface area (Å²) >= 11 is 0. The average Bonchev–Trinajstić information content (AvgIpc) is 2.13. The van der Waals surface area contributed by atoms with Crippen LogP contribution < -0.4 is 5.32 Å². The van der Waals surface area contributed by atoms with Gasteiger partial charge in [0.25, 0.3) is 0 Å². The summed E-state index contributed by atoms with van der Waals surface area (Å²) in [6.07, 6.45) is -4.89. The van der Waals surface area contributed by atoms with Crippen LogP contribution in [0.3, 0.4) is 0 Å². The fourth-order valence-electron chi connectivity index (χ4n) is 1.04. The molecule has 0 saturated carbocycles. The van der Waals surface area contributed by atoms with E-state index in [0.717, 1.165) is 7.05 Å². The molecule has 0 aliphatic rings. The number of nitrogens with one attached hydrogen (secondary N) is 1. The summed E-state index contributed by atoms with van der Waals surface area (Å²) in [6, 6.07) is 0. The van der Waals surface area contributed by atoms with Gasteiger partial charge in [0.1, 0.15) is 0 Å². The molecule has 0 heterocycles. The molecule has 0 aliphatic carbocycles. The maximum Gasteiger partial charge on any atom is 0.471 e. The summed E-state index contributed by atoms with van der Waals surface area (Å²) in [5.74, 6) is -3.03. The minimum absolute atomic E-state index is 0.266. The lowest BCUT2D eigenvalue weighted by Gasteiger charge is -2.21. The third-order valence-corrected chi connectivity index (χ3v) is 1.83. The predicted molar refractivity (Wildman–Crippen MR) is 46.9 cm³/mol. The Morgan fingerprint density at radius 3 is 2.20 bits per heavy atom. The minimum atomic E-state index is -4.89. The molecule has 0 bridgehead atoms. The zero-order valence-corrected chi connectivity index (χ0v) is 8.68. The molecule has 0 aromatic rings.